The smallest absolute Gasteiger partial charge is 0.375 e. The number of rotatable bonds is 2. The van der Waals surface area contributed by atoms with Crippen LogP contribution in [0, 0.1) is 0 Å². The van der Waals surface area contributed by atoms with Crippen LogP contribution in [0.1, 0.15) is 23.1 Å². The lowest BCUT2D eigenvalue weighted by Crippen LogP contribution is -2.18. The Kier molecular flexibility index (Phi) is 2.34. The number of carboxylic acid groups (broad SMARTS) is 1. The summed E-state index contributed by atoms with van der Waals surface area (Å²) in [5, 5.41) is 13.4. The third kappa shape index (κ3) is 1.59. The Bertz CT molecular complexity index is 862. The summed E-state index contributed by atoms with van der Waals surface area (Å²) in [6.07, 6.45) is 0.744. The molecular formula is C12H10N4O3. The fourth-order valence-corrected chi connectivity index (χ4v) is 2.14. The second-order valence-corrected chi connectivity index (χ2v) is 4.10. The van der Waals surface area contributed by atoms with E-state index in [-0.39, 0.29) is 11.5 Å². The lowest BCUT2D eigenvalue weighted by molar-refractivity contribution is 0.0684. The first-order valence-corrected chi connectivity index (χ1v) is 5.75. The van der Waals surface area contributed by atoms with Crippen LogP contribution in [0.15, 0.2) is 23.0 Å². The van der Waals surface area contributed by atoms with E-state index in [9.17, 15) is 9.59 Å². The van der Waals surface area contributed by atoms with Gasteiger partial charge < -0.3 is 10.1 Å². The first kappa shape index (κ1) is 11.4. The molecule has 3 aromatic rings. The fourth-order valence-electron chi connectivity index (χ4n) is 2.14. The van der Waals surface area contributed by atoms with Crippen molar-refractivity contribution >= 4 is 22.5 Å². The number of carboxylic acids is 1. The van der Waals surface area contributed by atoms with Gasteiger partial charge in [0.2, 0.25) is 0 Å². The van der Waals surface area contributed by atoms with Gasteiger partial charge in [-0.25, -0.2) is 14.6 Å². The number of nitrogens with one attached hydrogen (secondary N) is 1. The van der Waals surface area contributed by atoms with E-state index in [1.165, 1.54) is 0 Å². The summed E-state index contributed by atoms with van der Waals surface area (Å²) >= 11 is 0. The molecule has 7 heteroatoms. The van der Waals surface area contributed by atoms with E-state index in [2.05, 4.69) is 15.1 Å². The second-order valence-electron chi connectivity index (χ2n) is 4.10. The minimum absolute atomic E-state index is 0.272. The Labute approximate surface area is 106 Å². The number of hydrogen-bond acceptors (Lipinski definition) is 4. The van der Waals surface area contributed by atoms with Gasteiger partial charge in [-0.3, -0.25) is 0 Å². The summed E-state index contributed by atoms with van der Waals surface area (Å²) in [6.45, 7) is 1.98. The van der Waals surface area contributed by atoms with Gasteiger partial charge in [-0.05, 0) is 18.1 Å². The normalized spacial score (nSPS) is 11.2. The highest BCUT2D eigenvalue weighted by Crippen LogP contribution is 2.20. The predicted molar refractivity (Wildman–Crippen MR) is 67.5 cm³/mol. The minimum Gasteiger partial charge on any atom is -0.475 e. The number of nitrogens with zero attached hydrogens (tertiary/aromatic N) is 3. The van der Waals surface area contributed by atoms with E-state index in [1.54, 1.807) is 6.07 Å². The van der Waals surface area contributed by atoms with Gasteiger partial charge in [-0.1, -0.05) is 19.1 Å². The van der Waals surface area contributed by atoms with Crippen LogP contribution in [-0.4, -0.2) is 30.7 Å². The van der Waals surface area contributed by atoms with Crippen LogP contribution in [-0.2, 0) is 6.42 Å². The third-order valence-corrected chi connectivity index (χ3v) is 2.99. The molecule has 3 rings (SSSR count). The number of carbonyl (C=O) groups is 1. The topological polar surface area (TPSA) is 100 Å². The molecule has 0 aliphatic rings. The Morgan fingerprint density at radius 3 is 2.95 bits per heavy atom. The molecule has 0 unspecified atom stereocenters. The van der Waals surface area contributed by atoms with Crippen LogP contribution in [0.25, 0.3) is 16.6 Å². The summed E-state index contributed by atoms with van der Waals surface area (Å²) < 4.78 is 0.991. The zero-order valence-corrected chi connectivity index (χ0v) is 10.0. The number of fused-ring (bicyclic) bond motifs is 3. The first-order chi connectivity index (χ1) is 9.11. The quantitative estimate of drug-likeness (QED) is 0.709. The van der Waals surface area contributed by atoms with Gasteiger partial charge in [0.1, 0.15) is 0 Å². The summed E-state index contributed by atoms with van der Waals surface area (Å²) in [4.78, 5) is 29.4. The molecule has 0 amide bonds. The number of aryl methyl sites for hydroxylation is 1. The molecule has 0 radical (unpaired) electrons. The second kappa shape index (κ2) is 3.91. The average Bonchev–Trinajstić information content (AvgIpc) is 2.83. The average molecular weight is 258 g/mol. The van der Waals surface area contributed by atoms with Gasteiger partial charge in [0.05, 0.1) is 5.52 Å². The number of benzene rings is 1. The van der Waals surface area contributed by atoms with Crippen LogP contribution in [0.5, 0.6) is 0 Å². The number of aromatic nitrogens is 4. The van der Waals surface area contributed by atoms with E-state index in [4.69, 9.17) is 5.11 Å². The van der Waals surface area contributed by atoms with Gasteiger partial charge in [-0.2, -0.15) is 4.52 Å². The molecule has 7 nitrogen and oxygen atoms in total. The maximum Gasteiger partial charge on any atom is 0.375 e. The van der Waals surface area contributed by atoms with Crippen LogP contribution < -0.4 is 5.69 Å². The summed E-state index contributed by atoms with van der Waals surface area (Å²) in [5.41, 5.74) is 1.37. The number of H-pyrrole nitrogens is 1. The summed E-state index contributed by atoms with van der Waals surface area (Å²) in [6, 6.07) is 5.50. The number of hydrogen-bond donors (Lipinski definition) is 2. The SMILES string of the molecule is CCc1cccc2[nH]c(=O)n3nc(C(=O)O)nc3c12. The molecular weight excluding hydrogens is 248 g/mol. The van der Waals surface area contributed by atoms with Crippen molar-refractivity contribution in [2.45, 2.75) is 13.3 Å². The van der Waals surface area contributed by atoms with Crippen molar-refractivity contribution in [3.8, 4) is 0 Å². The Hall–Kier alpha value is -2.70. The molecule has 0 aliphatic carbocycles. The van der Waals surface area contributed by atoms with Crippen molar-refractivity contribution in [3.05, 3.63) is 40.1 Å². The predicted octanol–water partition coefficient (Wildman–Crippen LogP) is 0.831. The maximum absolute atomic E-state index is 11.8. The molecule has 0 atom stereocenters. The van der Waals surface area contributed by atoms with Crippen LogP contribution in [0.3, 0.4) is 0 Å². The van der Waals surface area contributed by atoms with Gasteiger partial charge in [0, 0.05) is 5.39 Å². The molecule has 0 bridgehead atoms. The van der Waals surface area contributed by atoms with E-state index in [0.717, 1.165) is 21.9 Å². The molecule has 19 heavy (non-hydrogen) atoms. The Morgan fingerprint density at radius 1 is 1.47 bits per heavy atom. The molecule has 0 aliphatic heterocycles. The van der Waals surface area contributed by atoms with Gasteiger partial charge >= 0.3 is 11.7 Å². The van der Waals surface area contributed by atoms with Crippen molar-refractivity contribution in [1.82, 2.24) is 19.6 Å². The van der Waals surface area contributed by atoms with E-state index >= 15 is 0 Å². The zero-order chi connectivity index (χ0) is 13.6. The highest BCUT2D eigenvalue weighted by atomic mass is 16.4. The molecule has 2 N–H and O–H groups in total. The Balaban J connectivity index is 2.56. The lowest BCUT2D eigenvalue weighted by Gasteiger charge is -2.04. The molecule has 0 saturated heterocycles. The van der Waals surface area contributed by atoms with Gasteiger partial charge in [-0.15, -0.1) is 5.10 Å². The first-order valence-electron chi connectivity index (χ1n) is 5.75. The maximum atomic E-state index is 11.8. The van der Waals surface area contributed by atoms with Crippen molar-refractivity contribution in [3.63, 3.8) is 0 Å². The third-order valence-electron chi connectivity index (χ3n) is 2.99. The minimum atomic E-state index is -1.26. The Morgan fingerprint density at radius 2 is 2.26 bits per heavy atom. The van der Waals surface area contributed by atoms with Gasteiger partial charge in [0.25, 0.3) is 5.82 Å². The molecule has 2 heterocycles. The molecule has 2 aromatic heterocycles. The van der Waals surface area contributed by atoms with Crippen molar-refractivity contribution in [2.24, 2.45) is 0 Å². The lowest BCUT2D eigenvalue weighted by atomic mass is 10.1. The standard InChI is InChI=1S/C12H10N4O3/c1-2-6-4-3-5-7-8(6)10-14-9(11(17)18)15-16(10)12(19)13-7/h3-5H,2H2,1H3,(H,13,19)(H,17,18). The van der Waals surface area contributed by atoms with E-state index in [1.807, 2.05) is 19.1 Å². The zero-order valence-electron chi connectivity index (χ0n) is 10.0. The molecule has 96 valence electrons. The monoisotopic (exact) mass is 258 g/mol. The van der Waals surface area contributed by atoms with E-state index in [0.29, 0.717) is 5.52 Å². The van der Waals surface area contributed by atoms with Gasteiger partial charge in [0.15, 0.2) is 5.65 Å². The van der Waals surface area contributed by atoms with Crippen molar-refractivity contribution < 1.29 is 9.90 Å². The largest absolute Gasteiger partial charge is 0.475 e. The number of aromatic carboxylic acids is 1. The summed E-state index contributed by atoms with van der Waals surface area (Å²) in [5.74, 6) is -1.64. The van der Waals surface area contributed by atoms with Crippen molar-refractivity contribution in [1.29, 1.82) is 0 Å². The van der Waals surface area contributed by atoms with Crippen LogP contribution in [0.4, 0.5) is 0 Å². The highest BCUT2D eigenvalue weighted by molar-refractivity contribution is 5.95. The van der Waals surface area contributed by atoms with E-state index < -0.39 is 11.7 Å². The molecule has 0 saturated carbocycles. The highest BCUT2D eigenvalue weighted by Gasteiger charge is 2.16. The molecule has 0 spiro atoms. The molecule has 0 fully saturated rings. The van der Waals surface area contributed by atoms with Crippen LogP contribution >= 0.6 is 0 Å². The summed E-state index contributed by atoms with van der Waals surface area (Å²) in [7, 11) is 0. The van der Waals surface area contributed by atoms with Crippen LogP contribution in [0.2, 0.25) is 0 Å². The molecule has 1 aromatic carbocycles. The fraction of sp³-hybridized carbons (Fsp3) is 0.167. The van der Waals surface area contributed by atoms with Crippen molar-refractivity contribution in [2.75, 3.05) is 0 Å². The number of aromatic amines is 1.